The molecule has 0 aliphatic rings. The Morgan fingerprint density at radius 3 is 2.42 bits per heavy atom. The van der Waals surface area contributed by atoms with Crippen LogP contribution in [-0.2, 0) is 20.3 Å². The van der Waals surface area contributed by atoms with Gasteiger partial charge in [-0.1, -0.05) is 18.2 Å². The SMILES string of the molecule is CCOc1ccccc1-n1c(CS(=O)(=O)[C@@H](C)[C@H](OC)c2ncc(C)cn2)nnc1-c1cccc(OC)n1. The Labute approximate surface area is 221 Å². The van der Waals surface area contributed by atoms with Crippen LogP contribution in [0.4, 0.5) is 0 Å². The predicted molar refractivity (Wildman–Crippen MR) is 141 cm³/mol. The second-order valence-corrected chi connectivity index (χ2v) is 10.9. The van der Waals surface area contributed by atoms with Gasteiger partial charge < -0.3 is 14.2 Å². The lowest BCUT2D eigenvalue weighted by molar-refractivity contribution is 0.0947. The highest BCUT2D eigenvalue weighted by molar-refractivity contribution is 7.91. The van der Waals surface area contributed by atoms with Crippen LogP contribution in [0.25, 0.3) is 17.2 Å². The van der Waals surface area contributed by atoms with Crippen LogP contribution in [0.15, 0.2) is 54.9 Å². The molecule has 0 saturated heterocycles. The third-order valence-electron chi connectivity index (χ3n) is 5.93. The lowest BCUT2D eigenvalue weighted by atomic mass is 10.2. The van der Waals surface area contributed by atoms with E-state index >= 15 is 0 Å². The molecule has 0 unspecified atom stereocenters. The van der Waals surface area contributed by atoms with Gasteiger partial charge in [-0.25, -0.2) is 23.4 Å². The van der Waals surface area contributed by atoms with Gasteiger partial charge in [0.15, 0.2) is 27.3 Å². The molecule has 4 rings (SSSR count). The Bertz CT molecular complexity index is 1490. The summed E-state index contributed by atoms with van der Waals surface area (Å²) in [5.41, 5.74) is 1.91. The lowest BCUT2D eigenvalue weighted by Crippen LogP contribution is -2.30. The van der Waals surface area contributed by atoms with Gasteiger partial charge >= 0.3 is 0 Å². The average Bonchev–Trinajstić information content (AvgIpc) is 3.33. The maximum absolute atomic E-state index is 13.7. The maximum Gasteiger partial charge on any atom is 0.213 e. The van der Waals surface area contributed by atoms with Gasteiger partial charge in [0.2, 0.25) is 5.88 Å². The summed E-state index contributed by atoms with van der Waals surface area (Å²) in [7, 11) is -0.878. The largest absolute Gasteiger partial charge is 0.492 e. The molecule has 0 saturated carbocycles. The molecule has 0 spiro atoms. The van der Waals surface area contributed by atoms with Crippen molar-refractivity contribution in [1.82, 2.24) is 29.7 Å². The van der Waals surface area contributed by atoms with Crippen molar-refractivity contribution in [3.8, 4) is 28.8 Å². The summed E-state index contributed by atoms with van der Waals surface area (Å²) in [5.74, 6) is 1.35. The van der Waals surface area contributed by atoms with E-state index in [1.165, 1.54) is 14.2 Å². The van der Waals surface area contributed by atoms with Crippen molar-refractivity contribution in [2.24, 2.45) is 0 Å². The molecule has 1 aromatic carbocycles. The van der Waals surface area contributed by atoms with E-state index in [-0.39, 0.29) is 5.82 Å². The Kier molecular flexibility index (Phi) is 8.32. The zero-order valence-electron chi connectivity index (χ0n) is 21.9. The third kappa shape index (κ3) is 5.65. The predicted octanol–water partition coefficient (Wildman–Crippen LogP) is 3.53. The summed E-state index contributed by atoms with van der Waals surface area (Å²) in [6.45, 7) is 5.72. The van der Waals surface area contributed by atoms with E-state index in [9.17, 15) is 8.42 Å². The quantitative estimate of drug-likeness (QED) is 0.279. The number of aryl methyl sites for hydroxylation is 1. The molecular formula is C26H30N6O5S. The minimum atomic E-state index is -3.83. The van der Waals surface area contributed by atoms with Gasteiger partial charge in [-0.3, -0.25) is 4.57 Å². The highest BCUT2D eigenvalue weighted by Gasteiger charge is 2.35. The number of nitrogens with zero attached hydrogens (tertiary/aromatic N) is 6. The van der Waals surface area contributed by atoms with Crippen LogP contribution < -0.4 is 9.47 Å². The first kappa shape index (κ1) is 27.1. The van der Waals surface area contributed by atoms with Crippen molar-refractivity contribution in [1.29, 1.82) is 0 Å². The summed E-state index contributed by atoms with van der Waals surface area (Å²) in [5, 5.41) is 7.65. The van der Waals surface area contributed by atoms with E-state index in [1.807, 2.05) is 32.0 Å². The molecule has 12 heteroatoms. The summed E-state index contributed by atoms with van der Waals surface area (Å²) in [6.07, 6.45) is 2.39. The Balaban J connectivity index is 1.80. The summed E-state index contributed by atoms with van der Waals surface area (Å²) in [6, 6.07) is 12.5. The molecule has 0 amide bonds. The topological polar surface area (TPSA) is 131 Å². The van der Waals surface area contributed by atoms with Crippen molar-refractivity contribution in [3.05, 3.63) is 72.1 Å². The van der Waals surface area contributed by atoms with Crippen molar-refractivity contribution >= 4 is 9.84 Å². The molecule has 0 N–H and O–H groups in total. The fourth-order valence-corrected chi connectivity index (χ4v) is 5.38. The van der Waals surface area contributed by atoms with E-state index in [1.54, 1.807) is 48.1 Å². The minimum absolute atomic E-state index is 0.198. The van der Waals surface area contributed by atoms with Gasteiger partial charge in [0, 0.05) is 25.6 Å². The zero-order chi connectivity index (χ0) is 27.3. The van der Waals surface area contributed by atoms with Gasteiger partial charge in [0.05, 0.1) is 24.7 Å². The summed E-state index contributed by atoms with van der Waals surface area (Å²) in [4.78, 5) is 13.0. The van der Waals surface area contributed by atoms with Gasteiger partial charge in [-0.15, -0.1) is 10.2 Å². The lowest BCUT2D eigenvalue weighted by Gasteiger charge is -2.22. The highest BCUT2D eigenvalue weighted by Crippen LogP contribution is 2.31. The number of pyridine rings is 1. The van der Waals surface area contributed by atoms with E-state index in [4.69, 9.17) is 14.2 Å². The zero-order valence-corrected chi connectivity index (χ0v) is 22.7. The van der Waals surface area contributed by atoms with Crippen LogP contribution in [-0.4, -0.2) is 64.2 Å². The fraction of sp³-hybridized carbons (Fsp3) is 0.346. The van der Waals surface area contributed by atoms with Crippen molar-refractivity contribution in [3.63, 3.8) is 0 Å². The second kappa shape index (κ2) is 11.7. The molecule has 11 nitrogen and oxygen atoms in total. The maximum atomic E-state index is 13.7. The van der Waals surface area contributed by atoms with Gasteiger partial charge in [-0.05, 0) is 44.5 Å². The van der Waals surface area contributed by atoms with Crippen LogP contribution in [0.2, 0.25) is 0 Å². The Hall–Kier alpha value is -3.90. The molecule has 0 bridgehead atoms. The number of hydrogen-bond acceptors (Lipinski definition) is 10. The minimum Gasteiger partial charge on any atom is -0.492 e. The van der Waals surface area contributed by atoms with Crippen molar-refractivity contribution < 1.29 is 22.6 Å². The van der Waals surface area contributed by atoms with Crippen LogP contribution in [0.1, 0.15) is 37.2 Å². The first-order chi connectivity index (χ1) is 18.3. The molecule has 200 valence electrons. The van der Waals surface area contributed by atoms with Gasteiger partial charge in [-0.2, -0.15) is 0 Å². The van der Waals surface area contributed by atoms with E-state index in [0.29, 0.717) is 41.3 Å². The van der Waals surface area contributed by atoms with Crippen molar-refractivity contribution in [2.75, 3.05) is 20.8 Å². The van der Waals surface area contributed by atoms with Crippen LogP contribution >= 0.6 is 0 Å². The number of rotatable bonds is 11. The van der Waals surface area contributed by atoms with Crippen LogP contribution in [0.5, 0.6) is 11.6 Å². The smallest absolute Gasteiger partial charge is 0.213 e. The molecular weight excluding hydrogens is 508 g/mol. The van der Waals surface area contributed by atoms with Crippen LogP contribution in [0, 0.1) is 6.92 Å². The first-order valence-electron chi connectivity index (χ1n) is 12.0. The normalized spacial score (nSPS) is 13.2. The second-order valence-electron chi connectivity index (χ2n) is 8.53. The van der Waals surface area contributed by atoms with E-state index in [2.05, 4.69) is 25.1 Å². The van der Waals surface area contributed by atoms with Crippen LogP contribution in [0.3, 0.4) is 0 Å². The van der Waals surface area contributed by atoms with Gasteiger partial charge in [0.1, 0.15) is 23.3 Å². The average molecular weight is 539 g/mol. The molecule has 2 atom stereocenters. The molecule has 3 heterocycles. The van der Waals surface area contributed by atoms with E-state index in [0.717, 1.165) is 5.56 Å². The Morgan fingerprint density at radius 1 is 1.00 bits per heavy atom. The standard InChI is InChI=1S/C26H30N6O5S/c1-6-37-21-12-8-7-11-20(21)32-22(30-31-26(32)19-10-9-13-23(29-19)35-4)16-38(33,34)18(3)24(36-5)25-27-14-17(2)15-28-25/h7-15,18,24H,6,16H2,1-5H3/t18-,24-/m0/s1. The number of para-hydroxylation sites is 2. The number of methoxy groups -OCH3 is 2. The highest BCUT2D eigenvalue weighted by atomic mass is 32.2. The number of ether oxygens (including phenoxy) is 3. The van der Waals surface area contributed by atoms with Gasteiger partial charge in [0.25, 0.3) is 0 Å². The first-order valence-corrected chi connectivity index (χ1v) is 13.7. The molecule has 3 aromatic heterocycles. The van der Waals surface area contributed by atoms with Crippen molar-refractivity contribution in [2.45, 2.75) is 37.9 Å². The summed E-state index contributed by atoms with van der Waals surface area (Å²) >= 11 is 0. The molecule has 0 aliphatic carbocycles. The number of aromatic nitrogens is 6. The number of hydrogen-bond donors (Lipinski definition) is 0. The fourth-order valence-electron chi connectivity index (χ4n) is 3.96. The molecule has 38 heavy (non-hydrogen) atoms. The summed E-state index contributed by atoms with van der Waals surface area (Å²) < 4.78 is 45.7. The Morgan fingerprint density at radius 2 is 1.74 bits per heavy atom. The van der Waals surface area contributed by atoms with E-state index < -0.39 is 26.9 Å². The third-order valence-corrected chi connectivity index (χ3v) is 7.97. The molecule has 4 aromatic rings. The molecule has 0 radical (unpaired) electrons. The molecule has 0 aliphatic heterocycles. The number of sulfone groups is 1. The monoisotopic (exact) mass is 538 g/mol. The molecule has 0 fully saturated rings. The number of benzene rings is 1.